The fraction of sp³-hybridized carbons (Fsp3) is 0.750. The lowest BCUT2D eigenvalue weighted by molar-refractivity contribution is -0.117. The molecule has 0 saturated heterocycles. The Balaban J connectivity index is 4.31. The van der Waals surface area contributed by atoms with Gasteiger partial charge in [-0.25, -0.2) is 0 Å². The highest BCUT2D eigenvalue weighted by atomic mass is 28.4. The van der Waals surface area contributed by atoms with E-state index in [1.807, 2.05) is 13.8 Å². The molecule has 0 aromatic carbocycles. The molecule has 0 rings (SSSR count). The lowest BCUT2D eigenvalue weighted by Gasteiger charge is -2.28. The van der Waals surface area contributed by atoms with Crippen molar-refractivity contribution in [3.8, 4) is 0 Å². The smallest absolute Gasteiger partial charge is 0.377 e. The third-order valence-corrected chi connectivity index (χ3v) is 5.43. The van der Waals surface area contributed by atoms with E-state index >= 15 is 0 Å². The molecule has 0 heterocycles. The predicted molar refractivity (Wildman–Crippen MR) is 73.2 cm³/mol. The summed E-state index contributed by atoms with van der Waals surface area (Å²) >= 11 is 0. The highest BCUT2D eigenvalue weighted by Gasteiger charge is 2.39. The zero-order chi connectivity index (χ0) is 14.0. The lowest BCUT2D eigenvalue weighted by Crippen LogP contribution is -2.48. The van der Waals surface area contributed by atoms with Gasteiger partial charge in [0.25, 0.3) is 0 Å². The topological polar surface area (TPSA) is 56.8 Å². The number of nitrogens with one attached hydrogen (secondary N) is 1. The average Bonchev–Trinajstić information content (AvgIpc) is 2.36. The number of rotatable bonds is 10. The SMILES string of the molecule is C=CC(=O)NC(C)CO[Si](CCC)(OC)OCC. The van der Waals surface area contributed by atoms with Gasteiger partial charge in [-0.2, -0.15) is 0 Å². The number of carbonyl (C=O) groups is 1. The fourth-order valence-corrected chi connectivity index (χ4v) is 3.90. The molecule has 6 heteroatoms. The molecule has 106 valence electrons. The molecule has 0 aliphatic rings. The first kappa shape index (κ1) is 17.3. The van der Waals surface area contributed by atoms with Crippen LogP contribution in [-0.2, 0) is 18.1 Å². The maximum Gasteiger partial charge on any atom is 0.500 e. The zero-order valence-electron chi connectivity index (χ0n) is 11.8. The molecule has 2 atom stereocenters. The summed E-state index contributed by atoms with van der Waals surface area (Å²) in [5, 5.41) is 2.74. The first-order valence-electron chi connectivity index (χ1n) is 6.29. The maximum atomic E-state index is 11.1. The van der Waals surface area contributed by atoms with Gasteiger partial charge in [-0.05, 0) is 19.9 Å². The molecule has 0 aromatic rings. The van der Waals surface area contributed by atoms with Gasteiger partial charge < -0.3 is 18.6 Å². The van der Waals surface area contributed by atoms with Crippen LogP contribution in [0.15, 0.2) is 12.7 Å². The van der Waals surface area contributed by atoms with Gasteiger partial charge in [0.15, 0.2) is 0 Å². The normalized spacial score (nSPS) is 15.8. The van der Waals surface area contributed by atoms with Gasteiger partial charge in [0.2, 0.25) is 5.91 Å². The molecule has 0 saturated carbocycles. The van der Waals surface area contributed by atoms with Crippen molar-refractivity contribution in [1.82, 2.24) is 5.32 Å². The molecular weight excluding hydrogens is 250 g/mol. The first-order valence-corrected chi connectivity index (χ1v) is 8.22. The first-order chi connectivity index (χ1) is 8.53. The van der Waals surface area contributed by atoms with Crippen LogP contribution in [0.4, 0.5) is 0 Å². The van der Waals surface area contributed by atoms with E-state index in [1.165, 1.54) is 6.08 Å². The molecule has 1 amide bonds. The van der Waals surface area contributed by atoms with Gasteiger partial charge >= 0.3 is 8.80 Å². The Kier molecular flexibility index (Phi) is 8.91. The third kappa shape index (κ3) is 6.30. The van der Waals surface area contributed by atoms with Crippen molar-refractivity contribution in [2.45, 2.75) is 39.3 Å². The van der Waals surface area contributed by atoms with Crippen LogP contribution < -0.4 is 5.32 Å². The average molecular weight is 275 g/mol. The number of amides is 1. The Morgan fingerprint density at radius 3 is 2.56 bits per heavy atom. The standard InChI is InChI=1S/C12H25NO4Si/c1-6-9-18(15-5,16-8-3)17-10-11(4)13-12(14)7-2/h7,11H,2,6,8-10H2,1,3-5H3,(H,13,14). The van der Waals surface area contributed by atoms with E-state index in [9.17, 15) is 4.79 Å². The zero-order valence-corrected chi connectivity index (χ0v) is 12.8. The summed E-state index contributed by atoms with van der Waals surface area (Å²) in [7, 11) is -0.955. The summed E-state index contributed by atoms with van der Waals surface area (Å²) in [6.07, 6.45) is 2.18. The van der Waals surface area contributed by atoms with E-state index in [0.29, 0.717) is 13.2 Å². The maximum absolute atomic E-state index is 11.1. The van der Waals surface area contributed by atoms with E-state index in [2.05, 4.69) is 18.8 Å². The second kappa shape index (κ2) is 9.27. The number of hydrogen-bond acceptors (Lipinski definition) is 4. The van der Waals surface area contributed by atoms with Crippen LogP contribution in [0.3, 0.4) is 0 Å². The van der Waals surface area contributed by atoms with Crippen molar-refractivity contribution < 1.29 is 18.1 Å². The molecule has 2 unspecified atom stereocenters. The summed E-state index contributed by atoms with van der Waals surface area (Å²) in [4.78, 5) is 11.1. The van der Waals surface area contributed by atoms with Crippen LogP contribution in [0.1, 0.15) is 27.2 Å². The van der Waals surface area contributed by atoms with Gasteiger partial charge in [0.05, 0.1) is 6.61 Å². The molecule has 0 aromatic heterocycles. The van der Waals surface area contributed by atoms with Crippen LogP contribution in [0.5, 0.6) is 0 Å². The molecular formula is C12H25NO4Si. The van der Waals surface area contributed by atoms with E-state index in [1.54, 1.807) is 7.11 Å². The van der Waals surface area contributed by atoms with Crippen LogP contribution in [0, 0.1) is 0 Å². The van der Waals surface area contributed by atoms with Crippen molar-refractivity contribution in [2.24, 2.45) is 0 Å². The Morgan fingerprint density at radius 1 is 1.44 bits per heavy atom. The molecule has 18 heavy (non-hydrogen) atoms. The predicted octanol–water partition coefficient (Wildman–Crippen LogP) is 1.73. The molecule has 0 bridgehead atoms. The molecule has 0 radical (unpaired) electrons. The van der Waals surface area contributed by atoms with Gasteiger partial charge in [0, 0.05) is 25.8 Å². The second-order valence-electron chi connectivity index (χ2n) is 3.99. The summed E-state index contributed by atoms with van der Waals surface area (Å²) in [5.74, 6) is -0.206. The highest BCUT2D eigenvalue weighted by Crippen LogP contribution is 2.17. The Bertz CT molecular complexity index is 254. The van der Waals surface area contributed by atoms with Gasteiger partial charge in [-0.3, -0.25) is 4.79 Å². The summed E-state index contributed by atoms with van der Waals surface area (Å²) < 4.78 is 16.9. The van der Waals surface area contributed by atoms with E-state index < -0.39 is 8.80 Å². The molecule has 1 N–H and O–H groups in total. The quantitative estimate of drug-likeness (QED) is 0.487. The third-order valence-electron chi connectivity index (χ3n) is 2.36. The van der Waals surface area contributed by atoms with E-state index in [-0.39, 0.29) is 11.9 Å². The van der Waals surface area contributed by atoms with E-state index in [0.717, 1.165) is 12.5 Å². The molecule has 0 spiro atoms. The van der Waals surface area contributed by atoms with Crippen LogP contribution >= 0.6 is 0 Å². The number of carbonyl (C=O) groups excluding carboxylic acids is 1. The number of hydrogen-bond donors (Lipinski definition) is 1. The van der Waals surface area contributed by atoms with Crippen LogP contribution in [0.25, 0.3) is 0 Å². The van der Waals surface area contributed by atoms with Crippen molar-refractivity contribution in [3.63, 3.8) is 0 Å². The van der Waals surface area contributed by atoms with Crippen LogP contribution in [-0.4, -0.2) is 41.1 Å². The summed E-state index contributed by atoms with van der Waals surface area (Å²) in [6, 6.07) is 0.675. The minimum Gasteiger partial charge on any atom is -0.377 e. The lowest BCUT2D eigenvalue weighted by atomic mass is 10.3. The van der Waals surface area contributed by atoms with Crippen molar-refractivity contribution in [3.05, 3.63) is 12.7 Å². The molecule has 0 aliphatic heterocycles. The molecule has 0 aliphatic carbocycles. The minimum absolute atomic E-state index is 0.102. The fourth-order valence-electron chi connectivity index (χ4n) is 1.53. The van der Waals surface area contributed by atoms with Crippen molar-refractivity contribution >= 4 is 14.7 Å². The monoisotopic (exact) mass is 275 g/mol. The van der Waals surface area contributed by atoms with Gasteiger partial charge in [0.1, 0.15) is 0 Å². The molecule has 0 fully saturated rings. The minimum atomic E-state index is -2.57. The summed E-state index contributed by atoms with van der Waals surface area (Å²) in [5.41, 5.74) is 0. The summed E-state index contributed by atoms with van der Waals surface area (Å²) in [6.45, 7) is 10.2. The Hall–Kier alpha value is -0.693. The van der Waals surface area contributed by atoms with E-state index in [4.69, 9.17) is 13.3 Å². The second-order valence-corrected chi connectivity index (χ2v) is 6.85. The van der Waals surface area contributed by atoms with Gasteiger partial charge in [-0.1, -0.05) is 19.9 Å². The Labute approximate surface area is 111 Å². The highest BCUT2D eigenvalue weighted by molar-refractivity contribution is 6.60. The Morgan fingerprint density at radius 2 is 2.11 bits per heavy atom. The molecule has 5 nitrogen and oxygen atoms in total. The largest absolute Gasteiger partial charge is 0.500 e. The van der Waals surface area contributed by atoms with Gasteiger partial charge in [-0.15, -0.1) is 0 Å². The van der Waals surface area contributed by atoms with Crippen molar-refractivity contribution in [2.75, 3.05) is 20.3 Å². The van der Waals surface area contributed by atoms with Crippen LogP contribution in [0.2, 0.25) is 6.04 Å². The van der Waals surface area contributed by atoms with Crippen molar-refractivity contribution in [1.29, 1.82) is 0 Å².